The summed E-state index contributed by atoms with van der Waals surface area (Å²) in [6, 6.07) is 2.30. The lowest BCUT2D eigenvalue weighted by Gasteiger charge is -2.05. The molecular formula is C8H6ClF2NO2. The standard InChI is InChI=1S/C8H6ClF2NO2/c1-14-5-3-2-4(8(10)11)12-6(5)7(9)13/h2-3,8H,1H3. The Kier molecular flexibility index (Phi) is 3.35. The summed E-state index contributed by atoms with van der Waals surface area (Å²) in [6.45, 7) is 0. The molecule has 1 aromatic rings. The largest absolute Gasteiger partial charge is 0.494 e. The normalized spacial score (nSPS) is 10.4. The molecule has 0 aromatic carbocycles. The number of carbonyl (C=O) groups excluding carboxylic acids is 1. The van der Waals surface area contributed by atoms with Gasteiger partial charge in [-0.2, -0.15) is 0 Å². The van der Waals surface area contributed by atoms with E-state index in [-0.39, 0.29) is 11.4 Å². The van der Waals surface area contributed by atoms with Crippen molar-refractivity contribution < 1.29 is 18.3 Å². The molecule has 1 aromatic heterocycles. The van der Waals surface area contributed by atoms with Gasteiger partial charge in [-0.05, 0) is 23.7 Å². The summed E-state index contributed by atoms with van der Waals surface area (Å²) in [5, 5.41) is -0.927. The lowest BCUT2D eigenvalue weighted by atomic mass is 10.3. The van der Waals surface area contributed by atoms with E-state index in [1.807, 2.05) is 0 Å². The smallest absolute Gasteiger partial charge is 0.280 e. The van der Waals surface area contributed by atoms with E-state index in [2.05, 4.69) is 4.98 Å². The molecule has 6 heteroatoms. The van der Waals surface area contributed by atoms with Crippen LogP contribution in [0.15, 0.2) is 12.1 Å². The topological polar surface area (TPSA) is 39.2 Å². The summed E-state index contributed by atoms with van der Waals surface area (Å²) in [5.41, 5.74) is -0.804. The molecule has 14 heavy (non-hydrogen) atoms. The molecule has 0 aliphatic heterocycles. The molecule has 76 valence electrons. The number of ether oxygens (including phenoxy) is 1. The number of rotatable bonds is 3. The maximum absolute atomic E-state index is 12.2. The van der Waals surface area contributed by atoms with Gasteiger partial charge in [-0.15, -0.1) is 0 Å². The first-order chi connectivity index (χ1) is 6.56. The molecule has 0 amide bonds. The average molecular weight is 222 g/mol. The molecule has 0 bridgehead atoms. The van der Waals surface area contributed by atoms with Gasteiger partial charge in [0.2, 0.25) is 0 Å². The molecule has 0 saturated heterocycles. The third-order valence-corrected chi connectivity index (χ3v) is 1.69. The summed E-state index contributed by atoms with van der Waals surface area (Å²) < 4.78 is 29.1. The number of nitrogens with zero attached hydrogens (tertiary/aromatic N) is 1. The van der Waals surface area contributed by atoms with Gasteiger partial charge in [0.25, 0.3) is 11.7 Å². The molecule has 0 atom stereocenters. The molecule has 0 N–H and O–H groups in total. The van der Waals surface area contributed by atoms with Gasteiger partial charge in [0.05, 0.1) is 7.11 Å². The maximum atomic E-state index is 12.2. The fourth-order valence-electron chi connectivity index (χ4n) is 0.889. The van der Waals surface area contributed by atoms with Crippen molar-refractivity contribution in [2.24, 2.45) is 0 Å². The minimum absolute atomic E-state index is 0.0781. The van der Waals surface area contributed by atoms with Crippen LogP contribution in [0, 0.1) is 0 Å². The molecule has 1 rings (SSSR count). The first-order valence-electron chi connectivity index (χ1n) is 3.59. The third kappa shape index (κ3) is 2.17. The minimum Gasteiger partial charge on any atom is -0.494 e. The Morgan fingerprint density at radius 3 is 2.64 bits per heavy atom. The zero-order chi connectivity index (χ0) is 10.7. The summed E-state index contributed by atoms with van der Waals surface area (Å²) in [6.07, 6.45) is -2.74. The second kappa shape index (κ2) is 4.32. The number of carbonyl (C=O) groups is 1. The number of aromatic nitrogens is 1. The van der Waals surface area contributed by atoms with Crippen molar-refractivity contribution in [3.05, 3.63) is 23.5 Å². The highest BCUT2D eigenvalue weighted by Crippen LogP contribution is 2.23. The molecular weight excluding hydrogens is 216 g/mol. The Balaban J connectivity index is 3.21. The Bertz CT molecular complexity index is 357. The van der Waals surface area contributed by atoms with Crippen molar-refractivity contribution >= 4 is 16.8 Å². The van der Waals surface area contributed by atoms with E-state index in [0.29, 0.717) is 0 Å². The monoisotopic (exact) mass is 221 g/mol. The van der Waals surface area contributed by atoms with Crippen molar-refractivity contribution in [3.8, 4) is 5.75 Å². The van der Waals surface area contributed by atoms with Crippen LogP contribution in [0.1, 0.15) is 22.6 Å². The van der Waals surface area contributed by atoms with E-state index in [4.69, 9.17) is 16.3 Å². The fraction of sp³-hybridized carbons (Fsp3) is 0.250. The second-order valence-corrected chi connectivity index (χ2v) is 2.70. The summed E-state index contributed by atoms with van der Waals surface area (Å²) in [7, 11) is 1.29. The van der Waals surface area contributed by atoms with Crippen LogP contribution >= 0.6 is 11.6 Å². The van der Waals surface area contributed by atoms with Gasteiger partial charge in [-0.1, -0.05) is 0 Å². The van der Waals surface area contributed by atoms with Gasteiger partial charge in [-0.25, -0.2) is 13.8 Å². The van der Waals surface area contributed by atoms with Crippen LogP contribution in [0.25, 0.3) is 0 Å². The zero-order valence-electron chi connectivity index (χ0n) is 7.13. The van der Waals surface area contributed by atoms with E-state index in [1.165, 1.54) is 13.2 Å². The van der Waals surface area contributed by atoms with Crippen LogP contribution < -0.4 is 4.74 Å². The molecule has 1 heterocycles. The van der Waals surface area contributed by atoms with Crippen LogP contribution in [0.4, 0.5) is 8.78 Å². The summed E-state index contributed by atoms with van der Waals surface area (Å²) >= 11 is 5.14. The zero-order valence-corrected chi connectivity index (χ0v) is 7.89. The predicted molar refractivity (Wildman–Crippen MR) is 45.9 cm³/mol. The number of hydrogen-bond acceptors (Lipinski definition) is 3. The van der Waals surface area contributed by atoms with E-state index in [0.717, 1.165) is 6.07 Å². The van der Waals surface area contributed by atoms with Crippen molar-refractivity contribution in [2.45, 2.75) is 6.43 Å². The lowest BCUT2D eigenvalue weighted by Crippen LogP contribution is -2.02. The number of pyridine rings is 1. The minimum atomic E-state index is -2.74. The van der Waals surface area contributed by atoms with Crippen molar-refractivity contribution in [1.29, 1.82) is 0 Å². The predicted octanol–water partition coefficient (Wildman–Crippen LogP) is 2.41. The van der Waals surface area contributed by atoms with Gasteiger partial charge in [0.15, 0.2) is 5.69 Å². The fourth-order valence-corrected chi connectivity index (χ4v) is 1.02. The molecule has 0 fully saturated rings. The molecule has 0 radical (unpaired) electrons. The van der Waals surface area contributed by atoms with Crippen LogP contribution in [0.5, 0.6) is 5.75 Å². The molecule has 0 aliphatic rings. The highest BCUT2D eigenvalue weighted by Gasteiger charge is 2.16. The van der Waals surface area contributed by atoms with Crippen LogP contribution in [0.3, 0.4) is 0 Å². The van der Waals surface area contributed by atoms with E-state index in [1.54, 1.807) is 0 Å². The van der Waals surface area contributed by atoms with Crippen molar-refractivity contribution in [2.75, 3.05) is 7.11 Å². The SMILES string of the molecule is COc1ccc(C(F)F)nc1C(=O)Cl. The number of halogens is 3. The second-order valence-electron chi connectivity index (χ2n) is 2.36. The van der Waals surface area contributed by atoms with E-state index in [9.17, 15) is 13.6 Å². The van der Waals surface area contributed by atoms with E-state index < -0.39 is 17.4 Å². The highest BCUT2D eigenvalue weighted by molar-refractivity contribution is 6.67. The Labute approximate surface area is 83.7 Å². The third-order valence-electron chi connectivity index (χ3n) is 1.51. The maximum Gasteiger partial charge on any atom is 0.280 e. The van der Waals surface area contributed by atoms with Gasteiger partial charge < -0.3 is 4.74 Å². The van der Waals surface area contributed by atoms with Gasteiger partial charge in [-0.3, -0.25) is 4.79 Å². The Morgan fingerprint density at radius 1 is 1.57 bits per heavy atom. The van der Waals surface area contributed by atoms with Crippen molar-refractivity contribution in [1.82, 2.24) is 4.98 Å². The van der Waals surface area contributed by atoms with Gasteiger partial charge in [0.1, 0.15) is 11.4 Å². The Hall–Kier alpha value is -1.23. The van der Waals surface area contributed by atoms with E-state index >= 15 is 0 Å². The quantitative estimate of drug-likeness (QED) is 0.736. The van der Waals surface area contributed by atoms with Gasteiger partial charge in [0, 0.05) is 0 Å². The highest BCUT2D eigenvalue weighted by atomic mass is 35.5. The molecule has 0 spiro atoms. The molecule has 0 aliphatic carbocycles. The average Bonchev–Trinajstić information content (AvgIpc) is 2.16. The molecule has 3 nitrogen and oxygen atoms in total. The van der Waals surface area contributed by atoms with Crippen LogP contribution in [-0.2, 0) is 0 Å². The summed E-state index contributed by atoms with van der Waals surface area (Å²) in [5.74, 6) is 0.0781. The van der Waals surface area contributed by atoms with Crippen LogP contribution in [0.2, 0.25) is 0 Å². The number of methoxy groups -OCH3 is 1. The molecule has 0 unspecified atom stereocenters. The Morgan fingerprint density at radius 2 is 2.21 bits per heavy atom. The first kappa shape index (κ1) is 10.8. The lowest BCUT2D eigenvalue weighted by molar-refractivity contribution is 0.107. The number of alkyl halides is 2. The van der Waals surface area contributed by atoms with Gasteiger partial charge >= 0.3 is 0 Å². The molecule has 0 saturated carbocycles. The first-order valence-corrected chi connectivity index (χ1v) is 3.97. The summed E-state index contributed by atoms with van der Waals surface area (Å²) in [4.78, 5) is 14.2. The number of hydrogen-bond donors (Lipinski definition) is 0. The van der Waals surface area contributed by atoms with Crippen LogP contribution in [-0.4, -0.2) is 17.3 Å². The van der Waals surface area contributed by atoms with Crippen molar-refractivity contribution in [3.63, 3.8) is 0 Å².